The molecular weight excluding hydrogens is 458 g/mol. The first kappa shape index (κ1) is 21.2. The Balaban J connectivity index is 1.36. The zero-order valence-corrected chi connectivity index (χ0v) is 19.3. The first-order chi connectivity index (χ1) is 15.9. The number of carbonyl (C=O) groups is 1. The minimum Gasteiger partial charge on any atom is -0.451 e. The van der Waals surface area contributed by atoms with Crippen molar-refractivity contribution in [2.75, 3.05) is 5.32 Å². The summed E-state index contributed by atoms with van der Waals surface area (Å²) in [5.74, 6) is 0.195. The van der Waals surface area contributed by atoms with Gasteiger partial charge in [-0.1, -0.05) is 35.9 Å². The molecule has 0 saturated heterocycles. The van der Waals surface area contributed by atoms with Crippen LogP contribution in [0.3, 0.4) is 0 Å². The molecule has 0 spiro atoms. The number of anilines is 1. The van der Waals surface area contributed by atoms with Crippen molar-refractivity contribution in [2.24, 2.45) is 0 Å². The van der Waals surface area contributed by atoms with Crippen LogP contribution in [0.15, 0.2) is 69.5 Å². The summed E-state index contributed by atoms with van der Waals surface area (Å²) >= 11 is 11.7. The van der Waals surface area contributed by atoms with Crippen LogP contribution in [-0.4, -0.2) is 16.0 Å². The van der Waals surface area contributed by atoms with Gasteiger partial charge in [0.05, 0.1) is 10.6 Å². The third-order valence-corrected chi connectivity index (χ3v) is 5.81. The summed E-state index contributed by atoms with van der Waals surface area (Å²) in [6.07, 6.45) is 0. The Morgan fingerprint density at radius 1 is 1.00 bits per heavy atom. The van der Waals surface area contributed by atoms with Crippen molar-refractivity contribution < 1.29 is 13.6 Å². The summed E-state index contributed by atoms with van der Waals surface area (Å²) in [6.45, 7) is 3.83. The fourth-order valence-corrected chi connectivity index (χ4v) is 4.04. The number of halogens is 1. The van der Waals surface area contributed by atoms with Crippen LogP contribution < -0.4 is 10.6 Å². The van der Waals surface area contributed by atoms with E-state index in [2.05, 4.69) is 15.6 Å². The van der Waals surface area contributed by atoms with E-state index in [-0.39, 0.29) is 10.9 Å². The number of nitrogens with zero attached hydrogens (tertiary/aromatic N) is 1. The summed E-state index contributed by atoms with van der Waals surface area (Å²) in [5.41, 5.74) is 5.14. The highest BCUT2D eigenvalue weighted by Crippen LogP contribution is 2.32. The monoisotopic (exact) mass is 475 g/mol. The number of rotatable bonds is 3. The van der Waals surface area contributed by atoms with Gasteiger partial charge in [-0.25, -0.2) is 4.98 Å². The normalized spacial score (nSPS) is 11.1. The zero-order valence-electron chi connectivity index (χ0n) is 17.7. The largest absolute Gasteiger partial charge is 0.451 e. The first-order valence-corrected chi connectivity index (χ1v) is 11.0. The molecule has 2 aromatic heterocycles. The molecule has 0 unspecified atom stereocenters. The molecule has 6 nitrogen and oxygen atoms in total. The Bertz CT molecular complexity index is 1550. The Hall–Kier alpha value is -3.68. The number of furan rings is 1. The van der Waals surface area contributed by atoms with Crippen molar-refractivity contribution in [1.82, 2.24) is 10.3 Å². The molecule has 1 amide bonds. The highest BCUT2D eigenvalue weighted by molar-refractivity contribution is 7.80. The fraction of sp³-hybridized carbons (Fsp3) is 0.0800. The van der Waals surface area contributed by atoms with Gasteiger partial charge in [-0.2, -0.15) is 0 Å². The van der Waals surface area contributed by atoms with Crippen LogP contribution in [0.5, 0.6) is 0 Å². The molecule has 0 radical (unpaired) electrons. The summed E-state index contributed by atoms with van der Waals surface area (Å²) in [7, 11) is 0. The van der Waals surface area contributed by atoms with Gasteiger partial charge in [-0.15, -0.1) is 0 Å². The second-order valence-corrected chi connectivity index (χ2v) is 8.46. The third-order valence-electron chi connectivity index (χ3n) is 5.28. The number of fused-ring (bicyclic) bond motifs is 2. The molecule has 5 rings (SSSR count). The Kier molecular flexibility index (Phi) is 5.36. The highest BCUT2D eigenvalue weighted by Gasteiger charge is 2.19. The van der Waals surface area contributed by atoms with E-state index in [1.807, 2.05) is 56.3 Å². The summed E-state index contributed by atoms with van der Waals surface area (Å²) in [6, 6.07) is 18.5. The van der Waals surface area contributed by atoms with E-state index >= 15 is 0 Å². The number of hydrogen-bond donors (Lipinski definition) is 2. The van der Waals surface area contributed by atoms with Crippen molar-refractivity contribution in [3.05, 3.63) is 82.6 Å². The average Bonchev–Trinajstić information content (AvgIpc) is 3.36. The maximum Gasteiger partial charge on any atom is 0.293 e. The van der Waals surface area contributed by atoms with Gasteiger partial charge >= 0.3 is 0 Å². The Morgan fingerprint density at radius 3 is 2.64 bits per heavy atom. The van der Waals surface area contributed by atoms with Gasteiger partial charge < -0.3 is 14.2 Å². The van der Waals surface area contributed by atoms with Crippen molar-refractivity contribution >= 4 is 62.6 Å². The van der Waals surface area contributed by atoms with Gasteiger partial charge in [0.2, 0.25) is 5.89 Å². The van der Waals surface area contributed by atoms with E-state index in [1.165, 1.54) is 0 Å². The van der Waals surface area contributed by atoms with Crippen LogP contribution in [0.2, 0.25) is 5.02 Å². The third kappa shape index (κ3) is 4.08. The van der Waals surface area contributed by atoms with Crippen LogP contribution in [0.4, 0.5) is 5.69 Å². The molecule has 0 atom stereocenters. The number of oxazole rings is 1. The van der Waals surface area contributed by atoms with Crippen molar-refractivity contribution in [3.63, 3.8) is 0 Å². The van der Waals surface area contributed by atoms with Gasteiger partial charge in [0.25, 0.3) is 5.91 Å². The van der Waals surface area contributed by atoms with E-state index in [1.54, 1.807) is 18.2 Å². The van der Waals surface area contributed by atoms with Crippen molar-refractivity contribution in [2.45, 2.75) is 13.8 Å². The number of benzene rings is 3. The van der Waals surface area contributed by atoms with E-state index in [0.717, 1.165) is 22.0 Å². The number of aryl methyl sites for hydroxylation is 2. The lowest BCUT2D eigenvalue weighted by Crippen LogP contribution is -2.34. The number of carbonyl (C=O) groups excluding carboxylic acids is 1. The zero-order chi connectivity index (χ0) is 23.1. The molecule has 3 aromatic carbocycles. The fourth-order valence-electron chi connectivity index (χ4n) is 3.63. The molecule has 8 heteroatoms. The predicted octanol–water partition coefficient (Wildman–Crippen LogP) is 6.64. The second kappa shape index (κ2) is 8.35. The second-order valence-electron chi connectivity index (χ2n) is 7.65. The van der Waals surface area contributed by atoms with E-state index in [4.69, 9.17) is 32.7 Å². The van der Waals surface area contributed by atoms with E-state index < -0.39 is 5.91 Å². The SMILES string of the molecule is Cc1ccc2nc(-c3cc(NC(=S)NC(=O)c4oc5ccccc5c4C)ccc3Cl)oc2c1. The van der Waals surface area contributed by atoms with Crippen molar-refractivity contribution in [3.8, 4) is 11.5 Å². The lowest BCUT2D eigenvalue weighted by atomic mass is 10.1. The van der Waals surface area contributed by atoms with Crippen LogP contribution in [0, 0.1) is 13.8 Å². The van der Waals surface area contributed by atoms with Crippen LogP contribution in [-0.2, 0) is 0 Å². The topological polar surface area (TPSA) is 80.3 Å². The number of aromatic nitrogens is 1. The number of para-hydroxylation sites is 1. The summed E-state index contributed by atoms with van der Waals surface area (Å²) in [5, 5.41) is 7.17. The lowest BCUT2D eigenvalue weighted by molar-refractivity contribution is 0.0952. The lowest BCUT2D eigenvalue weighted by Gasteiger charge is -2.10. The molecule has 33 heavy (non-hydrogen) atoms. The van der Waals surface area contributed by atoms with Crippen molar-refractivity contribution in [1.29, 1.82) is 0 Å². The van der Waals surface area contributed by atoms with E-state index in [0.29, 0.717) is 33.3 Å². The van der Waals surface area contributed by atoms with Crippen LogP contribution in [0.1, 0.15) is 21.7 Å². The smallest absolute Gasteiger partial charge is 0.293 e. The minimum atomic E-state index is -0.426. The van der Waals surface area contributed by atoms with Gasteiger partial charge in [-0.05, 0) is 68.0 Å². The number of thiocarbonyl (C=S) groups is 1. The number of amides is 1. The standard InChI is InChI=1S/C25H18ClN3O3S/c1-13-7-10-19-21(11-13)32-24(28-19)17-12-15(8-9-18(17)26)27-25(33)29-23(30)22-14(2)16-5-3-4-6-20(16)31-22/h3-12H,1-2H3,(H2,27,29,30,33). The van der Waals surface area contributed by atoms with Gasteiger partial charge in [0.1, 0.15) is 11.1 Å². The van der Waals surface area contributed by atoms with Gasteiger partial charge in [-0.3, -0.25) is 10.1 Å². The molecule has 0 saturated carbocycles. The molecule has 0 aliphatic heterocycles. The van der Waals surface area contributed by atoms with Gasteiger partial charge in [0, 0.05) is 16.6 Å². The van der Waals surface area contributed by atoms with Gasteiger partial charge in [0.15, 0.2) is 16.5 Å². The molecule has 0 aliphatic carbocycles. The molecule has 2 N–H and O–H groups in total. The molecule has 164 valence electrons. The summed E-state index contributed by atoms with van der Waals surface area (Å²) < 4.78 is 11.6. The molecular formula is C25H18ClN3O3S. The molecule has 0 bridgehead atoms. The van der Waals surface area contributed by atoms with Crippen LogP contribution in [0.25, 0.3) is 33.5 Å². The highest BCUT2D eigenvalue weighted by atomic mass is 35.5. The van der Waals surface area contributed by atoms with Crippen LogP contribution >= 0.6 is 23.8 Å². The maximum atomic E-state index is 12.7. The van der Waals surface area contributed by atoms with E-state index in [9.17, 15) is 4.79 Å². The average molecular weight is 476 g/mol. The Labute approximate surface area is 199 Å². The number of hydrogen-bond acceptors (Lipinski definition) is 5. The molecule has 5 aromatic rings. The minimum absolute atomic E-state index is 0.126. The molecule has 0 fully saturated rings. The molecule has 0 aliphatic rings. The predicted molar refractivity (Wildman–Crippen MR) is 134 cm³/mol. The Morgan fingerprint density at radius 2 is 1.82 bits per heavy atom. The summed E-state index contributed by atoms with van der Waals surface area (Å²) in [4.78, 5) is 17.3. The maximum absolute atomic E-state index is 12.7. The number of nitrogens with one attached hydrogen (secondary N) is 2. The quantitative estimate of drug-likeness (QED) is 0.285. The molecule has 2 heterocycles. The first-order valence-electron chi connectivity index (χ1n) is 10.2.